The third-order valence-corrected chi connectivity index (χ3v) is 5.79. The number of halogens is 2. The number of nitriles is 1. The highest BCUT2D eigenvalue weighted by Crippen LogP contribution is 2.44. The smallest absolute Gasteiger partial charge is 0.119 e. The van der Waals surface area contributed by atoms with Crippen molar-refractivity contribution in [2.24, 2.45) is 5.92 Å². The second-order valence-corrected chi connectivity index (χ2v) is 7.50. The van der Waals surface area contributed by atoms with Crippen LogP contribution in [-0.2, 0) is 0 Å². The van der Waals surface area contributed by atoms with Crippen LogP contribution in [0, 0.1) is 17.2 Å². The molecule has 2 aliphatic carbocycles. The average Bonchev–Trinajstić information content (AvgIpc) is 3.30. The summed E-state index contributed by atoms with van der Waals surface area (Å²) in [4.78, 5) is 0.956. The van der Waals surface area contributed by atoms with Gasteiger partial charge >= 0.3 is 0 Å². The second kappa shape index (κ2) is 5.77. The van der Waals surface area contributed by atoms with Crippen molar-refractivity contribution in [3.63, 3.8) is 0 Å². The van der Waals surface area contributed by atoms with E-state index in [0.29, 0.717) is 22.0 Å². The molecular weight excluding hydrogens is 311 g/mol. The van der Waals surface area contributed by atoms with Crippen molar-refractivity contribution in [2.45, 2.75) is 42.2 Å². The molecule has 1 N–H and O–H groups in total. The molecule has 106 valence electrons. The molecule has 2 fully saturated rings. The first kappa shape index (κ1) is 14.5. The predicted octanol–water partition coefficient (Wildman–Crippen LogP) is 4.51. The molecule has 1 aromatic carbocycles. The molecular formula is C15H16Cl2N2S. The normalized spacial score (nSPS) is 21.2. The average molecular weight is 327 g/mol. The van der Waals surface area contributed by atoms with E-state index in [1.54, 1.807) is 17.8 Å². The van der Waals surface area contributed by atoms with E-state index < -0.39 is 5.54 Å². The van der Waals surface area contributed by atoms with Gasteiger partial charge in [0.25, 0.3) is 0 Å². The lowest BCUT2D eigenvalue weighted by Crippen LogP contribution is -2.49. The van der Waals surface area contributed by atoms with Crippen molar-refractivity contribution in [3.8, 4) is 6.07 Å². The Morgan fingerprint density at radius 1 is 1.30 bits per heavy atom. The third-order valence-electron chi connectivity index (χ3n) is 3.86. The van der Waals surface area contributed by atoms with Crippen LogP contribution in [0.25, 0.3) is 0 Å². The minimum absolute atomic E-state index is 0.405. The molecule has 3 rings (SSSR count). The van der Waals surface area contributed by atoms with E-state index in [4.69, 9.17) is 23.2 Å². The lowest BCUT2D eigenvalue weighted by atomic mass is 9.97. The van der Waals surface area contributed by atoms with E-state index in [-0.39, 0.29) is 0 Å². The van der Waals surface area contributed by atoms with Crippen LogP contribution in [0.3, 0.4) is 0 Å². The molecule has 0 aromatic heterocycles. The van der Waals surface area contributed by atoms with Crippen LogP contribution in [0.1, 0.15) is 25.7 Å². The summed E-state index contributed by atoms with van der Waals surface area (Å²) in [6.07, 6.45) is 4.69. The zero-order valence-corrected chi connectivity index (χ0v) is 13.4. The fourth-order valence-corrected chi connectivity index (χ4v) is 4.08. The summed E-state index contributed by atoms with van der Waals surface area (Å²) < 4.78 is 0. The summed E-state index contributed by atoms with van der Waals surface area (Å²) in [5, 5.41) is 14.6. The van der Waals surface area contributed by atoms with Crippen LogP contribution in [0.4, 0.5) is 0 Å². The Morgan fingerprint density at radius 2 is 2.05 bits per heavy atom. The number of nitrogens with one attached hydrogen (secondary N) is 1. The van der Waals surface area contributed by atoms with Gasteiger partial charge in [0.1, 0.15) is 5.54 Å². The summed E-state index contributed by atoms with van der Waals surface area (Å²) in [5.74, 6) is 1.21. The molecule has 2 aliphatic rings. The Kier molecular flexibility index (Phi) is 4.19. The van der Waals surface area contributed by atoms with Crippen LogP contribution in [0.15, 0.2) is 23.1 Å². The van der Waals surface area contributed by atoms with Crippen molar-refractivity contribution < 1.29 is 0 Å². The van der Waals surface area contributed by atoms with E-state index in [1.807, 2.05) is 12.1 Å². The summed E-state index contributed by atoms with van der Waals surface area (Å²) in [6.45, 7) is 0. The number of thioether (sulfide) groups is 1. The summed E-state index contributed by atoms with van der Waals surface area (Å²) in [7, 11) is 0. The van der Waals surface area contributed by atoms with E-state index in [9.17, 15) is 5.26 Å². The van der Waals surface area contributed by atoms with Crippen LogP contribution in [0.2, 0.25) is 10.0 Å². The molecule has 0 radical (unpaired) electrons. The minimum Gasteiger partial charge on any atom is -0.296 e. The highest BCUT2D eigenvalue weighted by molar-refractivity contribution is 7.99. The molecule has 0 bridgehead atoms. The molecule has 2 nitrogen and oxygen atoms in total. The fourth-order valence-electron chi connectivity index (χ4n) is 2.38. The van der Waals surface area contributed by atoms with Gasteiger partial charge in [0.15, 0.2) is 0 Å². The Balaban J connectivity index is 1.73. The Bertz CT molecular complexity index is 549. The number of benzene rings is 1. The number of rotatable bonds is 6. The Hall–Kier alpha value is -0.400. The van der Waals surface area contributed by atoms with Crippen molar-refractivity contribution in [3.05, 3.63) is 28.2 Å². The van der Waals surface area contributed by atoms with E-state index in [1.165, 1.54) is 12.8 Å². The van der Waals surface area contributed by atoms with Crippen LogP contribution in [0.5, 0.6) is 0 Å². The van der Waals surface area contributed by atoms with E-state index in [2.05, 4.69) is 11.4 Å². The molecule has 1 unspecified atom stereocenters. The Morgan fingerprint density at radius 3 is 2.65 bits per heavy atom. The zero-order valence-electron chi connectivity index (χ0n) is 11.0. The van der Waals surface area contributed by atoms with E-state index >= 15 is 0 Å². The predicted molar refractivity (Wildman–Crippen MR) is 84.4 cm³/mol. The monoisotopic (exact) mass is 326 g/mol. The molecule has 0 aliphatic heterocycles. The molecule has 0 heterocycles. The van der Waals surface area contributed by atoms with Crippen molar-refractivity contribution in [2.75, 3.05) is 5.75 Å². The van der Waals surface area contributed by atoms with Gasteiger partial charge in [-0.25, -0.2) is 0 Å². The van der Waals surface area contributed by atoms with Gasteiger partial charge in [-0.2, -0.15) is 5.26 Å². The fraction of sp³-hybridized carbons (Fsp3) is 0.533. The maximum Gasteiger partial charge on any atom is 0.119 e. The van der Waals surface area contributed by atoms with Gasteiger partial charge in [0.2, 0.25) is 0 Å². The second-order valence-electron chi connectivity index (χ2n) is 5.64. The van der Waals surface area contributed by atoms with Crippen LogP contribution >= 0.6 is 35.0 Å². The first-order valence-electron chi connectivity index (χ1n) is 6.90. The molecule has 1 aromatic rings. The zero-order chi connectivity index (χ0) is 14.2. The standard InChI is InChI=1S/C15H16Cl2N2S/c16-11-3-6-13(17)14(7-11)20-9-15(8-18,10-1-2-10)19-12-4-5-12/h3,6-7,10,12,19H,1-2,4-5,9H2. The van der Waals surface area contributed by atoms with Crippen molar-refractivity contribution in [1.29, 1.82) is 5.26 Å². The Labute approximate surface area is 133 Å². The molecule has 5 heteroatoms. The topological polar surface area (TPSA) is 35.8 Å². The molecule has 0 saturated heterocycles. The van der Waals surface area contributed by atoms with Crippen LogP contribution < -0.4 is 5.32 Å². The lowest BCUT2D eigenvalue weighted by Gasteiger charge is -2.28. The summed E-state index contributed by atoms with van der Waals surface area (Å²) in [6, 6.07) is 8.55. The molecule has 20 heavy (non-hydrogen) atoms. The SMILES string of the molecule is N#CC(CSc1cc(Cl)ccc1Cl)(NC1CC1)C1CC1. The van der Waals surface area contributed by atoms with Crippen molar-refractivity contribution in [1.82, 2.24) is 5.32 Å². The molecule has 1 atom stereocenters. The lowest BCUT2D eigenvalue weighted by molar-refractivity contribution is 0.401. The highest BCUT2D eigenvalue weighted by atomic mass is 35.5. The van der Waals surface area contributed by atoms with Crippen molar-refractivity contribution >= 4 is 35.0 Å². The third kappa shape index (κ3) is 3.26. The maximum atomic E-state index is 9.68. The molecule has 0 spiro atoms. The minimum atomic E-state index is -0.405. The van der Waals surface area contributed by atoms with Gasteiger partial charge in [0, 0.05) is 21.7 Å². The number of hydrogen-bond acceptors (Lipinski definition) is 3. The van der Waals surface area contributed by atoms with Gasteiger partial charge in [0.05, 0.1) is 11.1 Å². The van der Waals surface area contributed by atoms with Gasteiger partial charge in [-0.3, -0.25) is 5.32 Å². The highest BCUT2D eigenvalue weighted by Gasteiger charge is 2.48. The van der Waals surface area contributed by atoms with Gasteiger partial charge in [-0.15, -0.1) is 11.8 Å². The summed E-state index contributed by atoms with van der Waals surface area (Å²) >= 11 is 13.8. The number of nitrogens with zero attached hydrogens (tertiary/aromatic N) is 1. The van der Waals surface area contributed by atoms with Gasteiger partial charge < -0.3 is 0 Å². The first-order valence-corrected chi connectivity index (χ1v) is 8.64. The quantitative estimate of drug-likeness (QED) is 0.781. The number of hydrogen-bond donors (Lipinski definition) is 1. The first-order chi connectivity index (χ1) is 9.63. The van der Waals surface area contributed by atoms with Crippen LogP contribution in [-0.4, -0.2) is 17.3 Å². The molecule has 0 amide bonds. The largest absolute Gasteiger partial charge is 0.296 e. The summed E-state index contributed by atoms with van der Waals surface area (Å²) in [5.41, 5.74) is -0.405. The maximum absolute atomic E-state index is 9.68. The van der Waals surface area contributed by atoms with Gasteiger partial charge in [-0.1, -0.05) is 23.2 Å². The van der Waals surface area contributed by atoms with E-state index in [0.717, 1.165) is 23.5 Å². The van der Waals surface area contributed by atoms with Gasteiger partial charge in [-0.05, 0) is 49.8 Å². The molecule has 2 saturated carbocycles.